The van der Waals surface area contributed by atoms with Crippen molar-refractivity contribution in [2.45, 2.75) is 13.3 Å². The van der Waals surface area contributed by atoms with Crippen LogP contribution in [0.2, 0.25) is 0 Å². The highest BCUT2D eigenvalue weighted by atomic mass is 79.9. The lowest BCUT2D eigenvalue weighted by Gasteiger charge is -2.10. The van der Waals surface area contributed by atoms with Gasteiger partial charge in [0.25, 0.3) is 5.91 Å². The molecule has 5 nitrogen and oxygen atoms in total. The van der Waals surface area contributed by atoms with Crippen LogP contribution < -0.4 is 14.8 Å². The molecule has 0 aliphatic carbocycles. The number of hydrogen-bond donors (Lipinski definition) is 1. The molecular formula is C20H19BrN2O3S. The van der Waals surface area contributed by atoms with Gasteiger partial charge in [-0.15, -0.1) is 11.3 Å². The third-order valence-electron chi connectivity index (χ3n) is 3.90. The van der Waals surface area contributed by atoms with Crippen LogP contribution in [0.25, 0.3) is 11.3 Å². The SMILES string of the molecule is CCc1cc(Br)ccc1OCC(=O)Nc1nc(-c2ccc(OC)cc2)cs1. The molecule has 3 aromatic rings. The number of aryl methyl sites for hydroxylation is 1. The maximum Gasteiger partial charge on any atom is 0.264 e. The number of ether oxygens (including phenoxy) is 2. The van der Waals surface area contributed by atoms with E-state index in [1.165, 1.54) is 11.3 Å². The third-order valence-corrected chi connectivity index (χ3v) is 5.15. The summed E-state index contributed by atoms with van der Waals surface area (Å²) in [4.78, 5) is 16.6. The van der Waals surface area contributed by atoms with Crippen molar-refractivity contribution in [3.8, 4) is 22.8 Å². The Bertz CT molecular complexity index is 925. The first-order valence-electron chi connectivity index (χ1n) is 8.40. The summed E-state index contributed by atoms with van der Waals surface area (Å²) in [5.74, 6) is 1.27. The molecule has 0 saturated carbocycles. The van der Waals surface area contributed by atoms with E-state index in [1.54, 1.807) is 7.11 Å². The Balaban J connectivity index is 1.59. The van der Waals surface area contributed by atoms with E-state index in [0.717, 1.165) is 33.5 Å². The second-order valence-electron chi connectivity index (χ2n) is 5.71. The van der Waals surface area contributed by atoms with Gasteiger partial charge in [-0.05, 0) is 54.4 Å². The second-order valence-corrected chi connectivity index (χ2v) is 7.48. The van der Waals surface area contributed by atoms with Crippen LogP contribution in [0.4, 0.5) is 5.13 Å². The van der Waals surface area contributed by atoms with Gasteiger partial charge < -0.3 is 9.47 Å². The van der Waals surface area contributed by atoms with Gasteiger partial charge >= 0.3 is 0 Å². The molecule has 7 heteroatoms. The molecule has 0 atom stereocenters. The standard InChI is InChI=1S/C20H19BrN2O3S/c1-3-13-10-15(21)6-9-18(13)26-11-19(24)23-20-22-17(12-27-20)14-4-7-16(25-2)8-5-14/h4-10,12H,3,11H2,1-2H3,(H,22,23,24). The lowest BCUT2D eigenvalue weighted by Crippen LogP contribution is -2.20. The molecular weight excluding hydrogens is 428 g/mol. The molecule has 140 valence electrons. The molecule has 0 fully saturated rings. The fraction of sp³-hybridized carbons (Fsp3) is 0.200. The summed E-state index contributed by atoms with van der Waals surface area (Å²) in [6.45, 7) is 1.98. The molecule has 27 heavy (non-hydrogen) atoms. The van der Waals surface area contributed by atoms with Crippen LogP contribution in [-0.4, -0.2) is 24.6 Å². The maximum atomic E-state index is 12.2. The molecule has 1 heterocycles. The number of rotatable bonds is 7. The maximum absolute atomic E-state index is 12.2. The first kappa shape index (κ1) is 19.4. The molecule has 0 radical (unpaired) electrons. The number of hydrogen-bond acceptors (Lipinski definition) is 5. The number of carbonyl (C=O) groups excluding carboxylic acids is 1. The van der Waals surface area contributed by atoms with Gasteiger partial charge in [-0.1, -0.05) is 22.9 Å². The van der Waals surface area contributed by atoms with Gasteiger partial charge in [0.15, 0.2) is 11.7 Å². The van der Waals surface area contributed by atoms with Crippen molar-refractivity contribution in [2.75, 3.05) is 19.0 Å². The van der Waals surface area contributed by atoms with Crippen LogP contribution in [0.15, 0.2) is 52.3 Å². The number of anilines is 1. The van der Waals surface area contributed by atoms with Crippen molar-refractivity contribution in [2.24, 2.45) is 0 Å². The largest absolute Gasteiger partial charge is 0.497 e. The van der Waals surface area contributed by atoms with E-state index in [4.69, 9.17) is 9.47 Å². The molecule has 2 aromatic carbocycles. The lowest BCUT2D eigenvalue weighted by molar-refractivity contribution is -0.118. The Hall–Kier alpha value is -2.38. The predicted molar refractivity (Wildman–Crippen MR) is 112 cm³/mol. The van der Waals surface area contributed by atoms with E-state index in [2.05, 4.69) is 26.2 Å². The highest BCUT2D eigenvalue weighted by Gasteiger charge is 2.10. The lowest BCUT2D eigenvalue weighted by atomic mass is 10.1. The Morgan fingerprint density at radius 1 is 1.22 bits per heavy atom. The molecule has 1 N–H and O–H groups in total. The summed E-state index contributed by atoms with van der Waals surface area (Å²) in [5, 5.41) is 5.23. The Labute approximate surface area is 170 Å². The number of methoxy groups -OCH3 is 1. The molecule has 1 aromatic heterocycles. The molecule has 3 rings (SSSR count). The summed E-state index contributed by atoms with van der Waals surface area (Å²) in [5.41, 5.74) is 2.82. The molecule has 0 spiro atoms. The highest BCUT2D eigenvalue weighted by molar-refractivity contribution is 9.10. The van der Waals surface area contributed by atoms with Gasteiger partial charge in [0.2, 0.25) is 0 Å². The quantitative estimate of drug-likeness (QED) is 0.544. The molecule has 0 aliphatic heterocycles. The minimum absolute atomic E-state index is 0.0634. The van der Waals surface area contributed by atoms with Crippen molar-refractivity contribution in [1.82, 2.24) is 4.98 Å². The second kappa shape index (κ2) is 9.01. The average Bonchev–Trinajstić information content (AvgIpc) is 3.15. The molecule has 0 unspecified atom stereocenters. The minimum atomic E-state index is -0.240. The Kier molecular flexibility index (Phi) is 6.47. The van der Waals surface area contributed by atoms with Crippen LogP contribution in [0.1, 0.15) is 12.5 Å². The summed E-state index contributed by atoms with van der Waals surface area (Å²) >= 11 is 4.82. The first-order valence-corrected chi connectivity index (χ1v) is 10.1. The Morgan fingerprint density at radius 3 is 2.70 bits per heavy atom. The monoisotopic (exact) mass is 446 g/mol. The summed E-state index contributed by atoms with van der Waals surface area (Å²) in [6.07, 6.45) is 0.827. The Morgan fingerprint density at radius 2 is 2.00 bits per heavy atom. The molecule has 0 aliphatic rings. The van der Waals surface area contributed by atoms with Crippen molar-refractivity contribution in [1.29, 1.82) is 0 Å². The summed E-state index contributed by atoms with van der Waals surface area (Å²) in [7, 11) is 1.63. The van der Waals surface area contributed by atoms with Gasteiger partial charge in [-0.25, -0.2) is 4.98 Å². The number of carbonyl (C=O) groups is 1. The number of nitrogens with zero attached hydrogens (tertiary/aromatic N) is 1. The number of nitrogens with one attached hydrogen (secondary N) is 1. The van der Waals surface area contributed by atoms with E-state index in [0.29, 0.717) is 10.9 Å². The zero-order chi connectivity index (χ0) is 19.2. The fourth-order valence-corrected chi connectivity index (χ4v) is 3.63. The molecule has 1 amide bonds. The number of halogens is 1. The van der Waals surface area contributed by atoms with Crippen molar-refractivity contribution in [3.05, 3.63) is 57.9 Å². The third kappa shape index (κ3) is 5.08. The summed E-state index contributed by atoms with van der Waals surface area (Å²) in [6, 6.07) is 13.4. The van der Waals surface area contributed by atoms with Gasteiger partial charge in [-0.2, -0.15) is 0 Å². The predicted octanol–water partition coefficient (Wildman–Crippen LogP) is 5.16. The van der Waals surface area contributed by atoms with Crippen LogP contribution in [0.3, 0.4) is 0 Å². The summed E-state index contributed by atoms with van der Waals surface area (Å²) < 4.78 is 11.8. The minimum Gasteiger partial charge on any atom is -0.497 e. The number of thiazole rings is 1. The average molecular weight is 447 g/mol. The van der Waals surface area contributed by atoms with Crippen molar-refractivity contribution in [3.63, 3.8) is 0 Å². The van der Waals surface area contributed by atoms with Gasteiger partial charge in [0.1, 0.15) is 11.5 Å². The number of aromatic nitrogens is 1. The van der Waals surface area contributed by atoms with Crippen LogP contribution >= 0.6 is 27.3 Å². The van der Waals surface area contributed by atoms with E-state index in [-0.39, 0.29) is 12.5 Å². The fourth-order valence-electron chi connectivity index (χ4n) is 2.49. The normalized spacial score (nSPS) is 10.5. The van der Waals surface area contributed by atoms with Crippen molar-refractivity contribution >= 4 is 38.3 Å². The zero-order valence-corrected chi connectivity index (χ0v) is 17.4. The van der Waals surface area contributed by atoms with Gasteiger partial charge in [-0.3, -0.25) is 10.1 Å². The zero-order valence-electron chi connectivity index (χ0n) is 15.0. The number of benzene rings is 2. The van der Waals surface area contributed by atoms with Gasteiger partial charge in [0, 0.05) is 15.4 Å². The van der Waals surface area contributed by atoms with E-state index in [1.807, 2.05) is 54.8 Å². The molecule has 0 bridgehead atoms. The van der Waals surface area contributed by atoms with E-state index >= 15 is 0 Å². The smallest absolute Gasteiger partial charge is 0.264 e. The van der Waals surface area contributed by atoms with Gasteiger partial charge in [0.05, 0.1) is 12.8 Å². The van der Waals surface area contributed by atoms with Crippen LogP contribution in [0, 0.1) is 0 Å². The van der Waals surface area contributed by atoms with E-state index < -0.39 is 0 Å². The molecule has 0 saturated heterocycles. The van der Waals surface area contributed by atoms with E-state index in [9.17, 15) is 4.79 Å². The van der Waals surface area contributed by atoms with Crippen LogP contribution in [0.5, 0.6) is 11.5 Å². The first-order chi connectivity index (χ1) is 13.1. The van der Waals surface area contributed by atoms with Crippen molar-refractivity contribution < 1.29 is 14.3 Å². The topological polar surface area (TPSA) is 60.5 Å². The number of amides is 1. The van der Waals surface area contributed by atoms with Crippen LogP contribution in [-0.2, 0) is 11.2 Å². The highest BCUT2D eigenvalue weighted by Crippen LogP contribution is 2.27.